The van der Waals surface area contributed by atoms with E-state index in [1.165, 1.54) is 37.1 Å². The highest BCUT2D eigenvalue weighted by atomic mass is 16.5. The van der Waals surface area contributed by atoms with E-state index in [2.05, 4.69) is 39.8 Å². The smallest absolute Gasteiger partial charge is 0.254 e. The van der Waals surface area contributed by atoms with Crippen LogP contribution in [0.2, 0.25) is 0 Å². The predicted octanol–water partition coefficient (Wildman–Crippen LogP) is 2.93. The van der Waals surface area contributed by atoms with Crippen molar-refractivity contribution in [3.8, 4) is 0 Å². The average molecular weight is 384 g/mol. The van der Waals surface area contributed by atoms with Gasteiger partial charge in [-0.2, -0.15) is 0 Å². The van der Waals surface area contributed by atoms with Gasteiger partial charge in [-0.3, -0.25) is 9.69 Å². The van der Waals surface area contributed by atoms with Gasteiger partial charge in [-0.25, -0.2) is 0 Å². The Morgan fingerprint density at radius 1 is 1.00 bits per heavy atom. The fourth-order valence-electron chi connectivity index (χ4n) is 5.78. The van der Waals surface area contributed by atoms with Gasteiger partial charge in [0.2, 0.25) is 0 Å². The summed E-state index contributed by atoms with van der Waals surface area (Å²) in [6.07, 6.45) is 6.89. The minimum atomic E-state index is 0.227. The topological polar surface area (TPSA) is 36.0 Å². The van der Waals surface area contributed by atoms with E-state index in [1.54, 1.807) is 0 Å². The van der Waals surface area contributed by atoms with E-state index in [0.717, 1.165) is 63.7 Å². The highest BCUT2D eigenvalue weighted by Gasteiger charge is 2.34. The molecular weight excluding hydrogens is 350 g/mol. The van der Waals surface area contributed by atoms with Crippen molar-refractivity contribution >= 4 is 11.6 Å². The highest BCUT2D eigenvalue weighted by molar-refractivity contribution is 5.97. The quantitative estimate of drug-likeness (QED) is 0.804. The Balaban J connectivity index is 1.28. The zero-order valence-electron chi connectivity index (χ0n) is 17.1. The molecular formula is C23H33N3O2. The van der Waals surface area contributed by atoms with Crippen LogP contribution in [0.15, 0.2) is 18.2 Å². The fourth-order valence-corrected chi connectivity index (χ4v) is 5.78. The normalized spacial score (nSPS) is 29.5. The summed E-state index contributed by atoms with van der Waals surface area (Å²) in [4.78, 5) is 20.4. The first-order valence-corrected chi connectivity index (χ1v) is 11.2. The molecule has 0 saturated carbocycles. The summed E-state index contributed by atoms with van der Waals surface area (Å²) in [7, 11) is 0. The number of likely N-dealkylation sites (tertiary alicyclic amines) is 1. The Morgan fingerprint density at radius 3 is 2.64 bits per heavy atom. The summed E-state index contributed by atoms with van der Waals surface area (Å²) >= 11 is 0. The Morgan fingerprint density at radius 2 is 1.86 bits per heavy atom. The minimum absolute atomic E-state index is 0.227. The lowest BCUT2D eigenvalue weighted by Gasteiger charge is -2.37. The van der Waals surface area contributed by atoms with Crippen LogP contribution in [0.1, 0.15) is 54.9 Å². The maximum Gasteiger partial charge on any atom is 0.254 e. The largest absolute Gasteiger partial charge is 0.381 e. The van der Waals surface area contributed by atoms with E-state index in [0.29, 0.717) is 12.1 Å². The van der Waals surface area contributed by atoms with Gasteiger partial charge in [0.15, 0.2) is 0 Å². The van der Waals surface area contributed by atoms with Crippen LogP contribution in [0.5, 0.6) is 0 Å². The molecule has 0 aliphatic carbocycles. The average Bonchev–Trinajstić information content (AvgIpc) is 3.37. The van der Waals surface area contributed by atoms with Gasteiger partial charge in [-0.05, 0) is 75.8 Å². The zero-order chi connectivity index (χ0) is 19.1. The molecule has 28 heavy (non-hydrogen) atoms. The molecule has 4 aliphatic rings. The van der Waals surface area contributed by atoms with Gasteiger partial charge in [0.25, 0.3) is 5.91 Å². The number of ether oxygens (including phenoxy) is 1. The molecule has 2 atom stereocenters. The molecule has 3 saturated heterocycles. The molecule has 0 unspecified atom stereocenters. The van der Waals surface area contributed by atoms with Crippen molar-refractivity contribution in [2.75, 3.05) is 44.3 Å². The van der Waals surface area contributed by atoms with Crippen LogP contribution in [0.3, 0.4) is 0 Å². The molecule has 3 fully saturated rings. The van der Waals surface area contributed by atoms with Crippen molar-refractivity contribution in [1.82, 2.24) is 9.80 Å². The molecule has 0 N–H and O–H groups in total. The first kappa shape index (κ1) is 18.4. The number of carbonyl (C=O) groups excluding carboxylic acids is 1. The van der Waals surface area contributed by atoms with Gasteiger partial charge < -0.3 is 14.5 Å². The van der Waals surface area contributed by atoms with Crippen LogP contribution in [0.4, 0.5) is 5.69 Å². The Bertz CT molecular complexity index is 731. The van der Waals surface area contributed by atoms with E-state index >= 15 is 0 Å². The molecule has 5 nitrogen and oxygen atoms in total. The van der Waals surface area contributed by atoms with Gasteiger partial charge >= 0.3 is 0 Å². The number of fused-ring (bicyclic) bond motifs is 1. The summed E-state index contributed by atoms with van der Waals surface area (Å²) in [5, 5.41) is 0. The molecule has 1 aromatic rings. The molecule has 0 aromatic heterocycles. The summed E-state index contributed by atoms with van der Waals surface area (Å²) in [5.41, 5.74) is 3.47. The molecule has 5 heteroatoms. The zero-order valence-corrected chi connectivity index (χ0v) is 17.1. The third kappa shape index (κ3) is 3.33. The standard InChI is InChI=1S/C23H33N3O2/c1-17-3-2-10-25(17)21-7-11-24(16-21)20-4-5-22-18(15-20)6-12-26(23(22)27)19-8-13-28-14-9-19/h4-5,15,17,19,21H,2-3,6-14,16H2,1H3/t17-,21-/m0/s1. The number of hydrogen-bond donors (Lipinski definition) is 0. The number of rotatable bonds is 3. The second-order valence-electron chi connectivity index (χ2n) is 9.05. The van der Waals surface area contributed by atoms with Crippen molar-refractivity contribution in [1.29, 1.82) is 0 Å². The van der Waals surface area contributed by atoms with Crippen LogP contribution in [-0.2, 0) is 11.2 Å². The lowest BCUT2D eigenvalue weighted by Crippen LogP contribution is -2.47. The van der Waals surface area contributed by atoms with Crippen LogP contribution >= 0.6 is 0 Å². The van der Waals surface area contributed by atoms with Crippen LogP contribution in [-0.4, -0.2) is 73.2 Å². The SMILES string of the molecule is C[C@H]1CCCN1[C@H]1CCN(c2ccc3c(c2)CCN(C2CCOCC2)C3=O)C1. The van der Waals surface area contributed by atoms with Crippen LogP contribution in [0, 0.1) is 0 Å². The Hall–Kier alpha value is -1.59. The molecule has 5 rings (SSSR count). The molecule has 1 aromatic carbocycles. The minimum Gasteiger partial charge on any atom is -0.381 e. The molecule has 0 radical (unpaired) electrons. The maximum atomic E-state index is 13.1. The lowest BCUT2D eigenvalue weighted by atomic mass is 9.95. The third-order valence-corrected chi connectivity index (χ3v) is 7.44. The van der Waals surface area contributed by atoms with Gasteiger partial charge in [0.05, 0.1) is 0 Å². The monoisotopic (exact) mass is 383 g/mol. The second-order valence-corrected chi connectivity index (χ2v) is 9.05. The number of amides is 1. The maximum absolute atomic E-state index is 13.1. The number of nitrogens with zero attached hydrogens (tertiary/aromatic N) is 3. The molecule has 4 heterocycles. The van der Waals surface area contributed by atoms with E-state index < -0.39 is 0 Å². The van der Waals surface area contributed by atoms with E-state index in [1.807, 2.05) is 0 Å². The molecule has 1 amide bonds. The second kappa shape index (κ2) is 7.68. The van der Waals surface area contributed by atoms with Crippen molar-refractivity contribution in [2.24, 2.45) is 0 Å². The predicted molar refractivity (Wildman–Crippen MR) is 111 cm³/mol. The van der Waals surface area contributed by atoms with Gasteiger partial charge in [0.1, 0.15) is 0 Å². The van der Waals surface area contributed by atoms with E-state index in [4.69, 9.17) is 4.74 Å². The van der Waals surface area contributed by atoms with Crippen molar-refractivity contribution in [2.45, 2.75) is 63.6 Å². The number of hydrogen-bond acceptors (Lipinski definition) is 4. The third-order valence-electron chi connectivity index (χ3n) is 7.44. The van der Waals surface area contributed by atoms with E-state index in [-0.39, 0.29) is 5.91 Å². The van der Waals surface area contributed by atoms with E-state index in [9.17, 15) is 4.79 Å². The summed E-state index contributed by atoms with van der Waals surface area (Å²) in [6, 6.07) is 8.35. The van der Waals surface area contributed by atoms with Gasteiger partial charge in [0, 0.05) is 62.2 Å². The summed E-state index contributed by atoms with van der Waals surface area (Å²) < 4.78 is 5.47. The van der Waals surface area contributed by atoms with Crippen LogP contribution < -0.4 is 4.90 Å². The summed E-state index contributed by atoms with van der Waals surface area (Å²) in [5.74, 6) is 0.227. The molecule has 4 aliphatic heterocycles. The fraction of sp³-hybridized carbons (Fsp3) is 0.696. The molecule has 0 bridgehead atoms. The summed E-state index contributed by atoms with van der Waals surface area (Å²) in [6.45, 7) is 8.33. The van der Waals surface area contributed by atoms with Crippen molar-refractivity contribution in [3.63, 3.8) is 0 Å². The van der Waals surface area contributed by atoms with Crippen LogP contribution in [0.25, 0.3) is 0 Å². The van der Waals surface area contributed by atoms with Crippen molar-refractivity contribution < 1.29 is 9.53 Å². The lowest BCUT2D eigenvalue weighted by molar-refractivity contribution is 0.0276. The number of anilines is 1. The highest BCUT2D eigenvalue weighted by Crippen LogP contribution is 2.31. The van der Waals surface area contributed by atoms with Gasteiger partial charge in [-0.15, -0.1) is 0 Å². The van der Waals surface area contributed by atoms with Crippen molar-refractivity contribution in [3.05, 3.63) is 29.3 Å². The Kier molecular flexibility index (Phi) is 5.06. The first-order chi connectivity index (χ1) is 13.7. The number of carbonyl (C=O) groups is 1. The Labute approximate surface area is 168 Å². The molecule has 152 valence electrons. The number of benzene rings is 1. The first-order valence-electron chi connectivity index (χ1n) is 11.2. The molecule has 0 spiro atoms. The van der Waals surface area contributed by atoms with Gasteiger partial charge in [-0.1, -0.05) is 0 Å².